The highest BCUT2D eigenvalue weighted by Crippen LogP contribution is 2.29. The summed E-state index contributed by atoms with van der Waals surface area (Å²) in [6, 6.07) is 5.95. The predicted molar refractivity (Wildman–Crippen MR) is 72.4 cm³/mol. The summed E-state index contributed by atoms with van der Waals surface area (Å²) in [7, 11) is 0. The number of aliphatic hydroxyl groups excluding tert-OH is 1. The molecule has 1 saturated carbocycles. The Morgan fingerprint density at radius 1 is 1.42 bits per heavy atom. The minimum absolute atomic E-state index is 0.0193. The molecule has 0 amide bonds. The first-order chi connectivity index (χ1) is 9.11. The van der Waals surface area contributed by atoms with E-state index >= 15 is 0 Å². The van der Waals surface area contributed by atoms with Gasteiger partial charge in [-0.1, -0.05) is 24.4 Å². The van der Waals surface area contributed by atoms with E-state index in [0.29, 0.717) is 5.69 Å². The molecule has 2 N–H and O–H groups in total. The molecule has 0 aliphatic heterocycles. The Morgan fingerprint density at radius 3 is 2.79 bits per heavy atom. The van der Waals surface area contributed by atoms with Crippen LogP contribution >= 0.6 is 11.6 Å². The van der Waals surface area contributed by atoms with Gasteiger partial charge in [0.2, 0.25) is 0 Å². The molecule has 2 rings (SSSR count). The van der Waals surface area contributed by atoms with Gasteiger partial charge in [0.05, 0.1) is 17.2 Å². The lowest BCUT2D eigenvalue weighted by Crippen LogP contribution is -2.38. The zero-order valence-electron chi connectivity index (χ0n) is 10.4. The highest BCUT2D eigenvalue weighted by molar-refractivity contribution is 6.31. The Bertz CT molecular complexity index is 489. The first kappa shape index (κ1) is 14.1. The molecule has 3 atom stereocenters. The fraction of sp³-hybridized carbons (Fsp3) is 0.500. The number of hydrogen-bond donors (Lipinski definition) is 2. The zero-order valence-corrected chi connectivity index (χ0v) is 11.2. The van der Waals surface area contributed by atoms with E-state index in [0.717, 1.165) is 25.7 Å². The van der Waals surface area contributed by atoms with Gasteiger partial charge in [-0.2, -0.15) is 5.26 Å². The van der Waals surface area contributed by atoms with Crippen LogP contribution in [0.15, 0.2) is 18.2 Å². The Hall–Kier alpha value is -1.31. The third kappa shape index (κ3) is 3.37. The summed E-state index contributed by atoms with van der Waals surface area (Å²) >= 11 is 5.71. The fourth-order valence-electron chi connectivity index (χ4n) is 2.53. The fourth-order valence-corrected chi connectivity index (χ4v) is 2.71. The minimum atomic E-state index is -0.489. The lowest BCUT2D eigenvalue weighted by atomic mass is 9.82. The van der Waals surface area contributed by atoms with Crippen LogP contribution in [-0.2, 0) is 0 Å². The minimum Gasteiger partial charge on any atom is -0.393 e. The van der Waals surface area contributed by atoms with Crippen molar-refractivity contribution < 1.29 is 9.50 Å². The molecule has 19 heavy (non-hydrogen) atoms. The summed E-state index contributed by atoms with van der Waals surface area (Å²) in [5.41, 5.74) is 0.593. The Balaban J connectivity index is 2.10. The second-order valence-corrected chi connectivity index (χ2v) is 5.30. The second-order valence-electron chi connectivity index (χ2n) is 4.90. The predicted octanol–water partition coefficient (Wildman–Crippen LogP) is 3.33. The van der Waals surface area contributed by atoms with E-state index in [2.05, 4.69) is 11.4 Å². The number of benzene rings is 1. The van der Waals surface area contributed by atoms with Gasteiger partial charge in [-0.3, -0.25) is 0 Å². The molecule has 1 aromatic rings. The average molecular weight is 283 g/mol. The Kier molecular flexibility index (Phi) is 4.62. The molecule has 5 heteroatoms. The third-order valence-corrected chi connectivity index (χ3v) is 3.88. The SMILES string of the molecule is N#CC(Nc1ccc(F)c(Cl)c1)C1CCCCC1O. The maximum absolute atomic E-state index is 13.1. The molecular weight excluding hydrogens is 267 g/mol. The van der Waals surface area contributed by atoms with E-state index in [9.17, 15) is 14.8 Å². The maximum atomic E-state index is 13.1. The molecule has 0 aromatic heterocycles. The molecule has 0 saturated heterocycles. The van der Waals surface area contributed by atoms with Crippen molar-refractivity contribution in [3.63, 3.8) is 0 Å². The Labute approximate surface area is 117 Å². The number of aliphatic hydroxyl groups is 1. The normalized spacial score (nSPS) is 24.5. The van der Waals surface area contributed by atoms with Crippen LogP contribution in [0.2, 0.25) is 5.02 Å². The summed E-state index contributed by atoms with van der Waals surface area (Å²) < 4.78 is 13.1. The number of anilines is 1. The van der Waals surface area contributed by atoms with E-state index < -0.39 is 18.0 Å². The van der Waals surface area contributed by atoms with Crippen molar-refractivity contribution >= 4 is 17.3 Å². The van der Waals surface area contributed by atoms with E-state index in [1.807, 2.05) is 0 Å². The van der Waals surface area contributed by atoms with Crippen LogP contribution in [0.1, 0.15) is 25.7 Å². The van der Waals surface area contributed by atoms with Gasteiger partial charge in [0.15, 0.2) is 0 Å². The quantitative estimate of drug-likeness (QED) is 0.894. The van der Waals surface area contributed by atoms with Gasteiger partial charge in [-0.05, 0) is 31.0 Å². The van der Waals surface area contributed by atoms with Crippen LogP contribution in [0.25, 0.3) is 0 Å². The largest absolute Gasteiger partial charge is 0.393 e. The summed E-state index contributed by atoms with van der Waals surface area (Å²) in [4.78, 5) is 0. The second kappa shape index (κ2) is 6.23. The van der Waals surface area contributed by atoms with Crippen LogP contribution in [0.5, 0.6) is 0 Å². The van der Waals surface area contributed by atoms with Gasteiger partial charge < -0.3 is 10.4 Å². The van der Waals surface area contributed by atoms with Crippen LogP contribution in [0, 0.1) is 23.1 Å². The number of hydrogen-bond acceptors (Lipinski definition) is 3. The van der Waals surface area contributed by atoms with Gasteiger partial charge in [-0.25, -0.2) is 4.39 Å². The van der Waals surface area contributed by atoms with Crippen molar-refractivity contribution in [1.29, 1.82) is 5.26 Å². The van der Waals surface area contributed by atoms with Crippen molar-refractivity contribution in [3.05, 3.63) is 29.0 Å². The average Bonchev–Trinajstić information content (AvgIpc) is 2.41. The van der Waals surface area contributed by atoms with Crippen molar-refractivity contribution in [2.45, 2.75) is 37.8 Å². The number of nitrogens with one attached hydrogen (secondary N) is 1. The van der Waals surface area contributed by atoms with Crippen LogP contribution in [-0.4, -0.2) is 17.3 Å². The standard InChI is InChI=1S/C14H16ClFN2O/c15-11-7-9(5-6-12(11)16)18-13(8-17)10-3-1-2-4-14(10)19/h5-7,10,13-14,18-19H,1-4H2. The van der Waals surface area contributed by atoms with Gasteiger partial charge >= 0.3 is 0 Å². The molecule has 102 valence electrons. The molecule has 0 radical (unpaired) electrons. The molecule has 1 aromatic carbocycles. The summed E-state index contributed by atoms with van der Waals surface area (Å²) in [6.07, 6.45) is 3.11. The highest BCUT2D eigenvalue weighted by Gasteiger charge is 2.30. The van der Waals surface area contributed by atoms with Crippen molar-refractivity contribution in [1.82, 2.24) is 0 Å². The third-order valence-electron chi connectivity index (χ3n) is 3.59. The van der Waals surface area contributed by atoms with Crippen molar-refractivity contribution in [2.75, 3.05) is 5.32 Å². The molecule has 0 spiro atoms. The molecule has 0 heterocycles. The van der Waals surface area contributed by atoms with Crippen LogP contribution in [0.4, 0.5) is 10.1 Å². The van der Waals surface area contributed by atoms with Crippen LogP contribution in [0.3, 0.4) is 0 Å². The first-order valence-corrected chi connectivity index (χ1v) is 6.79. The van der Waals surface area contributed by atoms with Crippen molar-refractivity contribution in [3.8, 4) is 6.07 Å². The van der Waals surface area contributed by atoms with E-state index in [-0.39, 0.29) is 10.9 Å². The lowest BCUT2D eigenvalue weighted by molar-refractivity contribution is 0.0675. The lowest BCUT2D eigenvalue weighted by Gasteiger charge is -2.31. The number of nitriles is 1. The summed E-state index contributed by atoms with van der Waals surface area (Å²) in [5, 5.41) is 22.3. The first-order valence-electron chi connectivity index (χ1n) is 6.41. The Morgan fingerprint density at radius 2 is 2.16 bits per heavy atom. The van der Waals surface area contributed by atoms with E-state index in [1.165, 1.54) is 12.1 Å². The molecule has 1 fully saturated rings. The van der Waals surface area contributed by atoms with Crippen molar-refractivity contribution in [2.24, 2.45) is 5.92 Å². The number of rotatable bonds is 3. The van der Waals surface area contributed by atoms with Gasteiger partial charge in [0.25, 0.3) is 0 Å². The van der Waals surface area contributed by atoms with E-state index in [1.54, 1.807) is 6.07 Å². The van der Waals surface area contributed by atoms with Gasteiger partial charge in [-0.15, -0.1) is 0 Å². The summed E-state index contributed by atoms with van der Waals surface area (Å²) in [6.45, 7) is 0. The molecule has 3 nitrogen and oxygen atoms in total. The molecular formula is C14H16ClFN2O. The van der Waals surface area contributed by atoms with Gasteiger partial charge in [0, 0.05) is 11.6 Å². The number of halogens is 2. The van der Waals surface area contributed by atoms with Crippen LogP contribution < -0.4 is 5.32 Å². The molecule has 3 unspecified atom stereocenters. The topological polar surface area (TPSA) is 56.0 Å². The molecule has 1 aliphatic carbocycles. The molecule has 0 bridgehead atoms. The monoisotopic (exact) mass is 282 g/mol. The van der Waals surface area contributed by atoms with E-state index in [4.69, 9.17) is 11.6 Å². The maximum Gasteiger partial charge on any atom is 0.141 e. The zero-order chi connectivity index (χ0) is 13.8. The smallest absolute Gasteiger partial charge is 0.141 e. The van der Waals surface area contributed by atoms with Gasteiger partial charge in [0.1, 0.15) is 11.9 Å². The summed E-state index contributed by atoms with van der Waals surface area (Å²) in [5.74, 6) is -0.582. The number of nitrogens with zero attached hydrogens (tertiary/aromatic N) is 1. The molecule has 1 aliphatic rings. The highest BCUT2D eigenvalue weighted by atomic mass is 35.5.